The van der Waals surface area contributed by atoms with E-state index in [4.69, 9.17) is 11.6 Å². The van der Waals surface area contributed by atoms with Gasteiger partial charge in [-0.3, -0.25) is 9.52 Å². The van der Waals surface area contributed by atoms with Crippen molar-refractivity contribution >= 4 is 38.9 Å². The molecule has 0 spiro atoms. The van der Waals surface area contributed by atoms with Crippen LogP contribution in [0.5, 0.6) is 0 Å². The molecule has 8 heteroatoms. The maximum absolute atomic E-state index is 13.2. The molecular formula is C26H28ClN3O3S. The molecule has 6 nitrogen and oxygen atoms in total. The number of carbonyl (C=O) groups excluding carboxylic acids is 1. The fraction of sp³-hybridized carbons (Fsp3) is 0.269. The number of halogens is 1. The molecular weight excluding hydrogens is 470 g/mol. The van der Waals surface area contributed by atoms with E-state index in [2.05, 4.69) is 9.62 Å². The Morgan fingerprint density at radius 2 is 1.50 bits per heavy atom. The highest BCUT2D eigenvalue weighted by atomic mass is 35.5. The first-order valence-corrected chi connectivity index (χ1v) is 13.0. The number of benzene rings is 3. The lowest BCUT2D eigenvalue weighted by atomic mass is 10.1. The summed E-state index contributed by atoms with van der Waals surface area (Å²) in [6.07, 6.45) is 0. The number of hydrogen-bond acceptors (Lipinski definition) is 4. The van der Waals surface area contributed by atoms with E-state index in [-0.39, 0.29) is 10.8 Å². The second kappa shape index (κ2) is 9.68. The lowest BCUT2D eigenvalue weighted by Gasteiger charge is -2.37. The molecule has 1 heterocycles. The van der Waals surface area contributed by atoms with Crippen molar-refractivity contribution in [3.8, 4) is 0 Å². The zero-order valence-corrected chi connectivity index (χ0v) is 21.1. The van der Waals surface area contributed by atoms with Gasteiger partial charge in [0.1, 0.15) is 0 Å². The van der Waals surface area contributed by atoms with Crippen molar-refractivity contribution in [2.75, 3.05) is 35.8 Å². The highest BCUT2D eigenvalue weighted by Crippen LogP contribution is 2.26. The fourth-order valence-electron chi connectivity index (χ4n) is 4.11. The Hall–Kier alpha value is -3.03. The van der Waals surface area contributed by atoms with Crippen molar-refractivity contribution < 1.29 is 13.2 Å². The van der Waals surface area contributed by atoms with E-state index in [1.54, 1.807) is 36.1 Å². The largest absolute Gasteiger partial charge is 0.368 e. The number of carbonyl (C=O) groups is 1. The maximum atomic E-state index is 13.2. The molecule has 0 radical (unpaired) electrons. The van der Waals surface area contributed by atoms with E-state index in [9.17, 15) is 13.2 Å². The fourth-order valence-corrected chi connectivity index (χ4v) is 5.61. The lowest BCUT2D eigenvalue weighted by Crippen LogP contribution is -2.49. The van der Waals surface area contributed by atoms with Gasteiger partial charge in [-0.05, 0) is 68.3 Å². The zero-order chi connectivity index (χ0) is 24.5. The third kappa shape index (κ3) is 5.21. The van der Waals surface area contributed by atoms with Gasteiger partial charge in [0.05, 0.1) is 4.90 Å². The quantitative estimate of drug-likeness (QED) is 0.537. The summed E-state index contributed by atoms with van der Waals surface area (Å²) in [6, 6.07) is 17.8. The van der Waals surface area contributed by atoms with Gasteiger partial charge < -0.3 is 9.80 Å². The molecule has 4 rings (SSSR count). The van der Waals surface area contributed by atoms with Gasteiger partial charge in [-0.1, -0.05) is 41.4 Å². The molecule has 3 aromatic carbocycles. The monoisotopic (exact) mass is 497 g/mol. The van der Waals surface area contributed by atoms with Crippen molar-refractivity contribution in [3.05, 3.63) is 87.9 Å². The van der Waals surface area contributed by atoms with Crippen molar-refractivity contribution in [1.29, 1.82) is 0 Å². The van der Waals surface area contributed by atoms with Crippen LogP contribution in [0.3, 0.4) is 0 Å². The van der Waals surface area contributed by atoms with Crippen LogP contribution < -0.4 is 9.62 Å². The molecule has 3 aromatic rings. The molecule has 1 aliphatic heterocycles. The van der Waals surface area contributed by atoms with Crippen molar-refractivity contribution in [2.45, 2.75) is 25.7 Å². The zero-order valence-electron chi connectivity index (χ0n) is 19.5. The number of piperazine rings is 1. The number of sulfonamides is 1. The number of amides is 1. The molecule has 1 saturated heterocycles. The van der Waals surface area contributed by atoms with Gasteiger partial charge in [0.25, 0.3) is 15.9 Å². The molecule has 0 saturated carbocycles. The van der Waals surface area contributed by atoms with Crippen LogP contribution >= 0.6 is 11.6 Å². The number of nitrogens with zero attached hydrogens (tertiary/aromatic N) is 2. The Labute approximate surface area is 206 Å². The first-order valence-electron chi connectivity index (χ1n) is 11.1. The Balaban J connectivity index is 1.50. The van der Waals surface area contributed by atoms with E-state index in [1.165, 1.54) is 6.07 Å². The van der Waals surface area contributed by atoms with Crippen LogP contribution in [-0.4, -0.2) is 45.4 Å². The number of aryl methyl sites for hydroxylation is 3. The van der Waals surface area contributed by atoms with Gasteiger partial charge in [-0.2, -0.15) is 0 Å². The van der Waals surface area contributed by atoms with E-state index in [1.807, 2.05) is 44.2 Å². The first-order chi connectivity index (χ1) is 16.1. The van der Waals surface area contributed by atoms with Gasteiger partial charge in [0.15, 0.2) is 0 Å². The van der Waals surface area contributed by atoms with Crippen molar-refractivity contribution in [1.82, 2.24) is 4.90 Å². The molecule has 0 unspecified atom stereocenters. The first kappa shape index (κ1) is 24.1. The maximum Gasteiger partial charge on any atom is 0.262 e. The molecule has 0 atom stereocenters. The van der Waals surface area contributed by atoms with Gasteiger partial charge in [0.2, 0.25) is 0 Å². The molecule has 34 heavy (non-hydrogen) atoms. The summed E-state index contributed by atoms with van der Waals surface area (Å²) >= 11 is 6.17. The van der Waals surface area contributed by atoms with Crippen LogP contribution in [0.25, 0.3) is 0 Å². The summed E-state index contributed by atoms with van der Waals surface area (Å²) in [5.41, 5.74) is 4.68. The Kier molecular flexibility index (Phi) is 6.86. The van der Waals surface area contributed by atoms with Crippen LogP contribution in [0.4, 0.5) is 11.4 Å². The lowest BCUT2D eigenvalue weighted by molar-refractivity contribution is 0.0746. The third-order valence-corrected chi connectivity index (χ3v) is 7.87. The van der Waals surface area contributed by atoms with Crippen LogP contribution in [0.1, 0.15) is 27.0 Å². The number of anilines is 2. The topological polar surface area (TPSA) is 69.7 Å². The van der Waals surface area contributed by atoms with Crippen LogP contribution in [0.2, 0.25) is 5.02 Å². The molecule has 1 amide bonds. The van der Waals surface area contributed by atoms with Crippen LogP contribution in [0.15, 0.2) is 65.6 Å². The highest BCUT2D eigenvalue weighted by molar-refractivity contribution is 7.92. The highest BCUT2D eigenvalue weighted by Gasteiger charge is 2.25. The molecule has 0 bridgehead atoms. The summed E-state index contributed by atoms with van der Waals surface area (Å²) in [4.78, 5) is 17.3. The summed E-state index contributed by atoms with van der Waals surface area (Å²) in [6.45, 7) is 8.15. The van der Waals surface area contributed by atoms with Crippen LogP contribution in [-0.2, 0) is 10.0 Å². The molecule has 1 N–H and O–H groups in total. The molecule has 1 fully saturated rings. The standard InChI is InChI=1S/C26H28ClN3O3S/c1-18-4-10-23(11-5-18)28-34(32,33)25-16-21(8-6-20(25)3)26(31)30-14-12-29(13-15-30)24-17-22(27)9-7-19(24)2/h4-11,16-17,28H,12-15H2,1-3H3. The molecule has 0 aromatic heterocycles. The Morgan fingerprint density at radius 1 is 0.853 bits per heavy atom. The van der Waals surface area contributed by atoms with E-state index in [0.29, 0.717) is 48.0 Å². The van der Waals surface area contributed by atoms with Gasteiger partial charge in [-0.25, -0.2) is 8.42 Å². The van der Waals surface area contributed by atoms with Gasteiger partial charge in [0, 0.05) is 48.1 Å². The second-order valence-electron chi connectivity index (χ2n) is 8.66. The molecule has 178 valence electrons. The predicted molar refractivity (Wildman–Crippen MR) is 137 cm³/mol. The Morgan fingerprint density at radius 3 is 2.18 bits per heavy atom. The molecule has 0 aliphatic carbocycles. The summed E-state index contributed by atoms with van der Waals surface area (Å²) in [5, 5.41) is 0.687. The van der Waals surface area contributed by atoms with Crippen molar-refractivity contribution in [3.63, 3.8) is 0 Å². The Bertz CT molecular complexity index is 1320. The number of nitrogens with one attached hydrogen (secondary N) is 1. The second-order valence-corrected chi connectivity index (χ2v) is 10.7. The number of rotatable bonds is 5. The minimum atomic E-state index is -3.84. The van der Waals surface area contributed by atoms with E-state index >= 15 is 0 Å². The van der Waals surface area contributed by atoms with Crippen LogP contribution in [0, 0.1) is 20.8 Å². The minimum Gasteiger partial charge on any atom is -0.368 e. The van der Waals surface area contributed by atoms with Gasteiger partial charge in [-0.15, -0.1) is 0 Å². The average Bonchev–Trinajstić information content (AvgIpc) is 2.82. The minimum absolute atomic E-state index is 0.104. The van der Waals surface area contributed by atoms with E-state index < -0.39 is 10.0 Å². The smallest absolute Gasteiger partial charge is 0.262 e. The molecule has 1 aliphatic rings. The summed E-state index contributed by atoms with van der Waals surface area (Å²) in [7, 11) is -3.84. The number of hydrogen-bond donors (Lipinski definition) is 1. The normalized spacial score (nSPS) is 14.2. The summed E-state index contributed by atoms with van der Waals surface area (Å²) < 4.78 is 28.7. The average molecular weight is 498 g/mol. The third-order valence-electron chi connectivity index (χ3n) is 6.11. The SMILES string of the molecule is Cc1ccc(NS(=O)(=O)c2cc(C(=O)N3CCN(c4cc(Cl)ccc4C)CC3)ccc2C)cc1. The van der Waals surface area contributed by atoms with Gasteiger partial charge >= 0.3 is 0 Å². The van der Waals surface area contributed by atoms with E-state index in [0.717, 1.165) is 16.8 Å². The van der Waals surface area contributed by atoms with Crippen molar-refractivity contribution in [2.24, 2.45) is 0 Å². The summed E-state index contributed by atoms with van der Waals surface area (Å²) in [5.74, 6) is -0.172. The predicted octanol–water partition coefficient (Wildman–Crippen LogP) is 5.03.